The molecule has 0 aliphatic carbocycles. The van der Waals surface area contributed by atoms with Crippen molar-refractivity contribution >= 4 is 34.9 Å². The van der Waals surface area contributed by atoms with Gasteiger partial charge in [0.05, 0.1) is 6.42 Å². The van der Waals surface area contributed by atoms with Crippen LogP contribution >= 0.6 is 11.3 Å². The molecule has 0 radical (unpaired) electrons. The minimum Gasteiger partial charge on any atom is -0.453 e. The maximum atomic E-state index is 12.4. The molecule has 0 spiro atoms. The minimum atomic E-state index is -0.901. The van der Waals surface area contributed by atoms with Crippen LogP contribution in [0.1, 0.15) is 46.8 Å². The largest absolute Gasteiger partial charge is 0.453 e. The van der Waals surface area contributed by atoms with Crippen molar-refractivity contribution in [2.75, 3.05) is 26.2 Å². The van der Waals surface area contributed by atoms with E-state index < -0.39 is 12.1 Å². The number of ether oxygens (including phenoxy) is 1. The molecule has 1 unspecified atom stereocenters. The van der Waals surface area contributed by atoms with Crippen LogP contribution in [0.3, 0.4) is 0 Å². The highest BCUT2D eigenvalue weighted by atomic mass is 32.1. The van der Waals surface area contributed by atoms with Crippen molar-refractivity contribution in [3.05, 3.63) is 21.4 Å². The first-order valence-electron chi connectivity index (χ1n) is 9.03. The number of ketones is 1. The summed E-state index contributed by atoms with van der Waals surface area (Å²) in [4.78, 5) is 53.2. The zero-order valence-electron chi connectivity index (χ0n) is 16.2. The van der Waals surface area contributed by atoms with E-state index in [0.717, 1.165) is 9.75 Å². The van der Waals surface area contributed by atoms with E-state index in [1.54, 1.807) is 21.1 Å². The molecule has 1 fully saturated rings. The molecule has 1 saturated heterocycles. The Kier molecular flexibility index (Phi) is 7.12. The van der Waals surface area contributed by atoms with Crippen molar-refractivity contribution in [3.8, 4) is 0 Å². The van der Waals surface area contributed by atoms with E-state index in [9.17, 15) is 19.2 Å². The average molecular weight is 394 g/mol. The van der Waals surface area contributed by atoms with Crippen molar-refractivity contribution in [3.63, 3.8) is 0 Å². The highest BCUT2D eigenvalue weighted by Gasteiger charge is 2.28. The first-order chi connectivity index (χ1) is 12.7. The Morgan fingerprint density at radius 2 is 1.67 bits per heavy atom. The maximum absolute atomic E-state index is 12.4. The van der Waals surface area contributed by atoms with Crippen LogP contribution in [0.4, 0.5) is 0 Å². The van der Waals surface area contributed by atoms with Crippen LogP contribution in [0.2, 0.25) is 0 Å². The monoisotopic (exact) mass is 394 g/mol. The molecule has 0 saturated carbocycles. The van der Waals surface area contributed by atoms with Crippen molar-refractivity contribution in [1.82, 2.24) is 9.80 Å². The number of Topliss-reactive ketones (excluding diaryl/α,β-unsaturated/α-hetero) is 1. The van der Waals surface area contributed by atoms with E-state index in [1.165, 1.54) is 13.8 Å². The lowest BCUT2D eigenvalue weighted by Crippen LogP contribution is -2.52. The molecule has 0 aromatic carbocycles. The average Bonchev–Trinajstić information content (AvgIpc) is 2.97. The van der Waals surface area contributed by atoms with Crippen LogP contribution in [0, 0.1) is 13.8 Å². The van der Waals surface area contributed by atoms with Gasteiger partial charge in [0.1, 0.15) is 0 Å². The topological polar surface area (TPSA) is 84.0 Å². The van der Waals surface area contributed by atoms with Gasteiger partial charge in [0.25, 0.3) is 5.91 Å². The molecule has 2 amide bonds. The van der Waals surface area contributed by atoms with Crippen LogP contribution < -0.4 is 0 Å². The van der Waals surface area contributed by atoms with Gasteiger partial charge >= 0.3 is 5.97 Å². The summed E-state index contributed by atoms with van der Waals surface area (Å²) in [6.45, 7) is 8.67. The number of hydrogen-bond donors (Lipinski definition) is 0. The van der Waals surface area contributed by atoms with Crippen LogP contribution in [-0.4, -0.2) is 65.6 Å². The number of esters is 1. The number of nitrogens with zero attached hydrogens (tertiary/aromatic N) is 2. The Hall–Kier alpha value is -2.22. The van der Waals surface area contributed by atoms with Gasteiger partial charge < -0.3 is 14.5 Å². The van der Waals surface area contributed by atoms with Crippen LogP contribution in [0.25, 0.3) is 0 Å². The molecule has 1 aliphatic rings. The fraction of sp³-hybridized carbons (Fsp3) is 0.579. The number of thiophene rings is 1. The molecule has 1 aliphatic heterocycles. The van der Waals surface area contributed by atoms with Gasteiger partial charge in [0, 0.05) is 54.8 Å². The van der Waals surface area contributed by atoms with E-state index in [1.807, 2.05) is 19.9 Å². The quantitative estimate of drug-likeness (QED) is 0.544. The predicted octanol–water partition coefficient (Wildman–Crippen LogP) is 1.95. The smallest absolute Gasteiger partial charge is 0.307 e. The summed E-state index contributed by atoms with van der Waals surface area (Å²) in [5, 5.41) is 0. The van der Waals surface area contributed by atoms with Crippen molar-refractivity contribution in [2.45, 2.75) is 46.6 Å². The number of aryl methyl sites for hydroxylation is 2. The Morgan fingerprint density at radius 1 is 1.07 bits per heavy atom. The van der Waals surface area contributed by atoms with Crippen LogP contribution in [0.15, 0.2) is 6.07 Å². The van der Waals surface area contributed by atoms with E-state index in [-0.39, 0.29) is 30.4 Å². The van der Waals surface area contributed by atoms with E-state index in [0.29, 0.717) is 31.7 Å². The zero-order valence-corrected chi connectivity index (χ0v) is 17.1. The molecule has 27 heavy (non-hydrogen) atoms. The highest BCUT2D eigenvalue weighted by Crippen LogP contribution is 2.22. The Bertz CT molecular complexity index is 734. The molecule has 1 aromatic rings. The first-order valence-corrected chi connectivity index (χ1v) is 9.84. The molecule has 148 valence electrons. The molecule has 8 heteroatoms. The van der Waals surface area contributed by atoms with Gasteiger partial charge in [-0.2, -0.15) is 0 Å². The fourth-order valence-corrected chi connectivity index (χ4v) is 4.01. The van der Waals surface area contributed by atoms with Crippen molar-refractivity contribution in [1.29, 1.82) is 0 Å². The molecule has 2 rings (SSSR count). The maximum Gasteiger partial charge on any atom is 0.307 e. The Labute approximate surface area is 163 Å². The lowest BCUT2D eigenvalue weighted by molar-refractivity contribution is -0.160. The first kappa shape index (κ1) is 21.1. The molecule has 1 atom stereocenters. The lowest BCUT2D eigenvalue weighted by atomic mass is 10.1. The van der Waals surface area contributed by atoms with Gasteiger partial charge in [-0.05, 0) is 26.8 Å². The van der Waals surface area contributed by atoms with Crippen LogP contribution in [0.5, 0.6) is 0 Å². The van der Waals surface area contributed by atoms with Crippen molar-refractivity contribution in [2.24, 2.45) is 0 Å². The molecule has 7 nitrogen and oxygen atoms in total. The third-order valence-electron chi connectivity index (χ3n) is 4.59. The molecular formula is C19H26N2O5S. The summed E-state index contributed by atoms with van der Waals surface area (Å²) in [7, 11) is 0. The van der Waals surface area contributed by atoms with Gasteiger partial charge in [-0.3, -0.25) is 19.2 Å². The third-order valence-corrected chi connectivity index (χ3v) is 5.56. The zero-order chi connectivity index (χ0) is 20.1. The van der Waals surface area contributed by atoms with E-state index in [2.05, 4.69) is 0 Å². The SMILES string of the molecule is CC(=O)N1CCN(C(=O)C(C)OC(=O)CCC(=O)c2cc(C)sc2C)CC1. The number of carbonyl (C=O) groups is 4. The Balaban J connectivity index is 1.78. The molecule has 2 heterocycles. The van der Waals surface area contributed by atoms with Crippen molar-refractivity contribution < 1.29 is 23.9 Å². The molecule has 0 bridgehead atoms. The number of piperazine rings is 1. The Morgan fingerprint density at radius 3 is 2.19 bits per heavy atom. The van der Waals surface area contributed by atoms with Crippen LogP contribution in [-0.2, 0) is 19.1 Å². The summed E-state index contributed by atoms with van der Waals surface area (Å²) in [6.07, 6.45) is -0.890. The summed E-state index contributed by atoms with van der Waals surface area (Å²) in [5.41, 5.74) is 0.651. The number of rotatable bonds is 6. The summed E-state index contributed by atoms with van der Waals surface area (Å²) < 4.78 is 5.20. The third kappa shape index (κ3) is 5.63. The second kappa shape index (κ2) is 9.12. The summed E-state index contributed by atoms with van der Waals surface area (Å²) >= 11 is 1.55. The normalized spacial score (nSPS) is 15.4. The summed E-state index contributed by atoms with van der Waals surface area (Å²) in [5.74, 6) is -0.936. The molecular weight excluding hydrogens is 368 g/mol. The van der Waals surface area contributed by atoms with E-state index >= 15 is 0 Å². The van der Waals surface area contributed by atoms with Gasteiger partial charge in [0.15, 0.2) is 11.9 Å². The molecule has 1 aromatic heterocycles. The predicted molar refractivity (Wildman–Crippen MR) is 102 cm³/mol. The number of amides is 2. The second-order valence-corrected chi connectivity index (χ2v) is 8.17. The standard InChI is InChI=1S/C19H26N2O5S/c1-12-11-16(14(3)27-12)17(23)5-6-18(24)26-13(2)19(25)21-9-7-20(8-10-21)15(4)22/h11,13H,5-10H2,1-4H3. The van der Waals surface area contributed by atoms with Gasteiger partial charge in [0.2, 0.25) is 5.91 Å². The highest BCUT2D eigenvalue weighted by molar-refractivity contribution is 7.12. The second-order valence-electron chi connectivity index (χ2n) is 6.71. The molecule has 0 N–H and O–H groups in total. The number of carbonyl (C=O) groups excluding carboxylic acids is 4. The van der Waals surface area contributed by atoms with Gasteiger partial charge in [-0.1, -0.05) is 0 Å². The van der Waals surface area contributed by atoms with Gasteiger partial charge in [-0.25, -0.2) is 0 Å². The van der Waals surface area contributed by atoms with Gasteiger partial charge in [-0.15, -0.1) is 11.3 Å². The summed E-state index contributed by atoms with van der Waals surface area (Å²) in [6, 6.07) is 1.83. The van der Waals surface area contributed by atoms with E-state index in [4.69, 9.17) is 4.74 Å². The lowest BCUT2D eigenvalue weighted by Gasteiger charge is -2.35. The number of hydrogen-bond acceptors (Lipinski definition) is 6. The minimum absolute atomic E-state index is 0.0118. The fourth-order valence-electron chi connectivity index (χ4n) is 3.06.